The molecule has 3 amide bonds. The first-order valence-electron chi connectivity index (χ1n) is 8.79. The summed E-state index contributed by atoms with van der Waals surface area (Å²) in [6, 6.07) is 8.39. The van der Waals surface area contributed by atoms with E-state index in [-0.39, 0.29) is 6.54 Å². The van der Waals surface area contributed by atoms with Crippen LogP contribution in [-0.2, 0) is 10.3 Å². The molecule has 0 saturated heterocycles. The molecule has 1 heterocycles. The number of urea groups is 1. The number of aryl methyl sites for hydroxylation is 1. The zero-order valence-electron chi connectivity index (χ0n) is 14.7. The van der Waals surface area contributed by atoms with Crippen LogP contribution in [0.5, 0.6) is 0 Å². The largest absolute Gasteiger partial charge is 0.340 e. The normalized spacial score (nSPS) is 16.0. The zero-order chi connectivity index (χ0) is 18.4. The van der Waals surface area contributed by atoms with Gasteiger partial charge in [-0.2, -0.15) is 4.98 Å². The summed E-state index contributed by atoms with van der Waals surface area (Å²) in [7, 11) is 0. The van der Waals surface area contributed by atoms with Gasteiger partial charge in [0.1, 0.15) is 0 Å². The molecule has 2 aromatic rings. The van der Waals surface area contributed by atoms with Crippen molar-refractivity contribution < 1.29 is 14.1 Å². The van der Waals surface area contributed by atoms with Crippen LogP contribution >= 0.6 is 0 Å². The summed E-state index contributed by atoms with van der Waals surface area (Å²) in [6.45, 7) is 1.74. The number of carbonyl (C=O) groups excluding carboxylic acids is 2. The lowest BCUT2D eigenvalue weighted by molar-refractivity contribution is -0.119. The van der Waals surface area contributed by atoms with Gasteiger partial charge in [-0.1, -0.05) is 42.6 Å². The topological polar surface area (TPSA) is 109 Å². The highest BCUT2D eigenvalue weighted by Crippen LogP contribution is 2.35. The molecule has 0 unspecified atom stereocenters. The third kappa shape index (κ3) is 4.45. The van der Waals surface area contributed by atoms with Gasteiger partial charge in [-0.15, -0.1) is 0 Å². The molecule has 0 bridgehead atoms. The summed E-state index contributed by atoms with van der Waals surface area (Å²) in [5.74, 6) is 0.665. The number of imide groups is 1. The molecule has 3 N–H and O–H groups in total. The molecule has 1 saturated carbocycles. The van der Waals surface area contributed by atoms with Crippen LogP contribution in [-0.4, -0.2) is 28.6 Å². The van der Waals surface area contributed by atoms with Crippen LogP contribution < -0.4 is 16.0 Å². The lowest BCUT2D eigenvalue weighted by Gasteiger charge is -2.35. The van der Waals surface area contributed by atoms with Gasteiger partial charge in [0.05, 0.1) is 12.1 Å². The molecule has 1 aromatic carbocycles. The highest BCUT2D eigenvalue weighted by atomic mass is 16.5. The molecule has 8 heteroatoms. The fraction of sp³-hybridized carbons (Fsp3) is 0.444. The predicted molar refractivity (Wildman–Crippen MR) is 95.4 cm³/mol. The van der Waals surface area contributed by atoms with Crippen molar-refractivity contribution in [2.45, 2.75) is 44.6 Å². The number of aromatic nitrogens is 2. The van der Waals surface area contributed by atoms with Gasteiger partial charge in [-0.3, -0.25) is 15.4 Å². The van der Waals surface area contributed by atoms with E-state index in [0.717, 1.165) is 32.1 Å². The van der Waals surface area contributed by atoms with Crippen LogP contribution in [0.2, 0.25) is 0 Å². The average molecular weight is 357 g/mol. The maximum atomic E-state index is 12.2. The Morgan fingerprint density at radius 1 is 1.15 bits per heavy atom. The molecule has 1 fully saturated rings. The molecule has 1 aromatic heterocycles. The molecule has 8 nitrogen and oxygen atoms in total. The second kappa shape index (κ2) is 8.09. The van der Waals surface area contributed by atoms with Crippen molar-refractivity contribution in [1.82, 2.24) is 20.8 Å². The summed E-state index contributed by atoms with van der Waals surface area (Å²) in [6.07, 6.45) is 4.85. The van der Waals surface area contributed by atoms with Crippen LogP contribution in [0.15, 0.2) is 34.9 Å². The number of anilines is 1. The fourth-order valence-electron chi connectivity index (χ4n) is 3.23. The number of amides is 3. The standard InChI is InChI=1S/C18H23N5O3/c1-13-20-16(23-26-13)18(10-6-3-7-11-18)19-12-15(24)22-17(25)21-14-8-4-2-5-9-14/h2,4-5,8-9,19H,3,6-7,10-12H2,1H3,(H2,21,22,24,25). The number of nitrogens with zero attached hydrogens (tertiary/aromatic N) is 2. The Bertz CT molecular complexity index is 753. The Morgan fingerprint density at radius 3 is 2.54 bits per heavy atom. The lowest BCUT2D eigenvalue weighted by Crippen LogP contribution is -2.50. The van der Waals surface area contributed by atoms with Crippen molar-refractivity contribution in [2.24, 2.45) is 0 Å². The summed E-state index contributed by atoms with van der Waals surface area (Å²) in [5, 5.41) is 12.2. The highest BCUT2D eigenvalue weighted by Gasteiger charge is 2.38. The van der Waals surface area contributed by atoms with E-state index >= 15 is 0 Å². The SMILES string of the molecule is Cc1nc(C2(NCC(=O)NC(=O)Nc3ccccc3)CCCCC2)no1. The molecule has 1 aliphatic carbocycles. The minimum Gasteiger partial charge on any atom is -0.340 e. The third-order valence-electron chi connectivity index (χ3n) is 4.53. The number of carbonyl (C=O) groups is 2. The second-order valence-corrected chi connectivity index (χ2v) is 6.50. The molecule has 0 spiro atoms. The Hall–Kier alpha value is -2.74. The van der Waals surface area contributed by atoms with E-state index in [9.17, 15) is 9.59 Å². The molecular formula is C18H23N5O3. The van der Waals surface area contributed by atoms with Crippen LogP contribution in [0.3, 0.4) is 0 Å². The van der Waals surface area contributed by atoms with Gasteiger partial charge >= 0.3 is 6.03 Å². The Balaban J connectivity index is 1.57. The minimum atomic E-state index is -0.559. The second-order valence-electron chi connectivity index (χ2n) is 6.50. The molecule has 3 rings (SSSR count). The molecule has 1 aliphatic rings. The van der Waals surface area contributed by atoms with Crippen LogP contribution in [0.1, 0.15) is 43.8 Å². The first-order chi connectivity index (χ1) is 12.6. The van der Waals surface area contributed by atoms with Gasteiger partial charge in [-0.25, -0.2) is 4.79 Å². The van der Waals surface area contributed by atoms with E-state index in [1.807, 2.05) is 6.07 Å². The van der Waals surface area contributed by atoms with Gasteiger partial charge in [0.25, 0.3) is 0 Å². The van der Waals surface area contributed by atoms with Crippen molar-refractivity contribution in [3.05, 3.63) is 42.0 Å². The van der Waals surface area contributed by atoms with Crippen molar-refractivity contribution in [3.63, 3.8) is 0 Å². The maximum absolute atomic E-state index is 12.2. The molecule has 0 aliphatic heterocycles. The number of hydrogen-bond acceptors (Lipinski definition) is 6. The van der Waals surface area contributed by atoms with E-state index in [1.54, 1.807) is 31.2 Å². The molecular weight excluding hydrogens is 334 g/mol. The maximum Gasteiger partial charge on any atom is 0.325 e. The minimum absolute atomic E-state index is 0.00417. The van der Waals surface area contributed by atoms with Crippen molar-refractivity contribution in [3.8, 4) is 0 Å². The predicted octanol–water partition coefficient (Wildman–Crippen LogP) is 2.48. The molecule has 26 heavy (non-hydrogen) atoms. The van der Waals surface area contributed by atoms with Crippen LogP contribution in [0, 0.1) is 6.92 Å². The molecule has 138 valence electrons. The van der Waals surface area contributed by atoms with E-state index in [0.29, 0.717) is 17.4 Å². The van der Waals surface area contributed by atoms with Crippen LogP contribution in [0.25, 0.3) is 0 Å². The third-order valence-corrected chi connectivity index (χ3v) is 4.53. The molecule has 0 atom stereocenters. The van der Waals surface area contributed by atoms with Gasteiger partial charge in [0.15, 0.2) is 5.82 Å². The first-order valence-corrected chi connectivity index (χ1v) is 8.79. The number of benzene rings is 1. The highest BCUT2D eigenvalue weighted by molar-refractivity contribution is 6.01. The van der Waals surface area contributed by atoms with Gasteiger partial charge in [0.2, 0.25) is 11.8 Å². The van der Waals surface area contributed by atoms with Crippen molar-refractivity contribution >= 4 is 17.6 Å². The lowest BCUT2D eigenvalue weighted by atomic mass is 9.81. The van der Waals surface area contributed by atoms with Crippen molar-refractivity contribution in [1.29, 1.82) is 0 Å². The van der Waals surface area contributed by atoms with E-state index in [2.05, 4.69) is 26.1 Å². The number of hydrogen-bond donors (Lipinski definition) is 3. The zero-order valence-corrected chi connectivity index (χ0v) is 14.7. The van der Waals surface area contributed by atoms with Gasteiger partial charge in [-0.05, 0) is 25.0 Å². The molecule has 0 radical (unpaired) electrons. The van der Waals surface area contributed by atoms with E-state index in [4.69, 9.17) is 4.52 Å². The Morgan fingerprint density at radius 2 is 1.88 bits per heavy atom. The van der Waals surface area contributed by atoms with Gasteiger partial charge in [0, 0.05) is 12.6 Å². The van der Waals surface area contributed by atoms with Crippen molar-refractivity contribution in [2.75, 3.05) is 11.9 Å². The average Bonchev–Trinajstić information content (AvgIpc) is 3.09. The summed E-state index contributed by atoms with van der Waals surface area (Å²) in [5.41, 5.74) is 0.139. The first kappa shape index (κ1) is 18.1. The van der Waals surface area contributed by atoms with Crippen LogP contribution in [0.4, 0.5) is 10.5 Å². The van der Waals surface area contributed by atoms with E-state index < -0.39 is 17.5 Å². The Labute approximate surface area is 151 Å². The van der Waals surface area contributed by atoms with Gasteiger partial charge < -0.3 is 9.84 Å². The summed E-state index contributed by atoms with van der Waals surface area (Å²) in [4.78, 5) is 28.4. The quantitative estimate of drug-likeness (QED) is 0.758. The number of rotatable bonds is 5. The Kier molecular flexibility index (Phi) is 5.62. The smallest absolute Gasteiger partial charge is 0.325 e. The number of para-hydroxylation sites is 1. The van der Waals surface area contributed by atoms with E-state index in [1.165, 1.54) is 0 Å². The summed E-state index contributed by atoms with van der Waals surface area (Å²) < 4.78 is 5.11. The monoisotopic (exact) mass is 357 g/mol. The summed E-state index contributed by atoms with van der Waals surface area (Å²) >= 11 is 0. The number of nitrogens with one attached hydrogen (secondary N) is 3. The fourth-order valence-corrected chi connectivity index (χ4v) is 3.23.